The van der Waals surface area contributed by atoms with Gasteiger partial charge in [0.15, 0.2) is 0 Å². The highest BCUT2D eigenvalue weighted by atomic mass is 15.1. The molecule has 0 aromatic heterocycles. The van der Waals surface area contributed by atoms with Crippen LogP contribution in [0.25, 0.3) is 44.5 Å². The van der Waals surface area contributed by atoms with Crippen LogP contribution in [-0.2, 0) is 16.2 Å². The van der Waals surface area contributed by atoms with E-state index in [4.69, 9.17) is 0 Å². The number of hydrogen-bond acceptors (Lipinski definition) is 1. The first kappa shape index (κ1) is 36.6. The Kier molecular flexibility index (Phi) is 7.91. The topological polar surface area (TPSA) is 3.24 Å². The second-order valence-corrected chi connectivity index (χ2v) is 18.4. The highest BCUT2D eigenvalue weighted by molar-refractivity contribution is 5.95. The minimum Gasteiger partial charge on any atom is -0.310 e. The zero-order valence-corrected chi connectivity index (χ0v) is 35.7. The van der Waals surface area contributed by atoms with Crippen molar-refractivity contribution < 1.29 is 0 Å². The number of hydrogen-bond donors (Lipinski definition) is 0. The summed E-state index contributed by atoms with van der Waals surface area (Å²) in [5.74, 6) is 0. The van der Waals surface area contributed by atoms with Gasteiger partial charge in [-0.25, -0.2) is 0 Å². The van der Waals surface area contributed by atoms with Gasteiger partial charge in [-0.15, -0.1) is 0 Å². The Morgan fingerprint density at radius 2 is 0.613 bits per heavy atom. The summed E-state index contributed by atoms with van der Waals surface area (Å²) in [5.41, 5.74) is 23.2. The van der Waals surface area contributed by atoms with Gasteiger partial charge in [0.1, 0.15) is 0 Å². The van der Waals surface area contributed by atoms with Gasteiger partial charge in [0, 0.05) is 22.2 Å². The number of rotatable bonds is 5. The Labute approximate surface area is 365 Å². The van der Waals surface area contributed by atoms with Gasteiger partial charge in [-0.2, -0.15) is 0 Å². The molecule has 1 heteroatoms. The van der Waals surface area contributed by atoms with E-state index >= 15 is 0 Å². The summed E-state index contributed by atoms with van der Waals surface area (Å²) in [6.07, 6.45) is 0. The molecule has 0 N–H and O–H groups in total. The molecule has 3 aliphatic rings. The van der Waals surface area contributed by atoms with Gasteiger partial charge in [-0.3, -0.25) is 0 Å². The quantitative estimate of drug-likeness (QED) is 0.168. The van der Waals surface area contributed by atoms with Crippen molar-refractivity contribution in [2.75, 3.05) is 4.90 Å². The van der Waals surface area contributed by atoms with Crippen molar-refractivity contribution in [3.63, 3.8) is 0 Å². The lowest BCUT2D eigenvalue weighted by molar-refractivity contribution is 0.660. The summed E-state index contributed by atoms with van der Waals surface area (Å²) in [7, 11) is 0. The molecule has 1 nitrogen and oxygen atoms in total. The maximum atomic E-state index is 2.57. The fourth-order valence-corrected chi connectivity index (χ4v) is 11.7. The predicted octanol–water partition coefficient (Wildman–Crippen LogP) is 15.8. The summed E-state index contributed by atoms with van der Waals surface area (Å²) < 4.78 is 0. The third-order valence-corrected chi connectivity index (χ3v) is 14.6. The van der Waals surface area contributed by atoms with Gasteiger partial charge in [0.05, 0.1) is 11.1 Å². The molecule has 0 fully saturated rings. The Balaban J connectivity index is 1.19. The van der Waals surface area contributed by atoms with Gasteiger partial charge in [0.25, 0.3) is 0 Å². The lowest BCUT2D eigenvalue weighted by Crippen LogP contribution is -2.33. The highest BCUT2D eigenvalue weighted by Gasteiger charge is 2.46. The van der Waals surface area contributed by atoms with Crippen molar-refractivity contribution in [3.05, 3.63) is 257 Å². The van der Waals surface area contributed by atoms with Crippen molar-refractivity contribution in [1.29, 1.82) is 0 Å². The molecule has 9 aromatic rings. The zero-order valence-electron chi connectivity index (χ0n) is 35.7. The third kappa shape index (κ3) is 4.97. The first-order valence-electron chi connectivity index (χ1n) is 22.0. The van der Waals surface area contributed by atoms with Crippen LogP contribution >= 0.6 is 0 Å². The summed E-state index contributed by atoms with van der Waals surface area (Å²) in [5, 5.41) is 0. The molecular formula is C61H47N. The smallest absolute Gasteiger partial charge is 0.0733 e. The SMILES string of the molecule is CC1(C)c2ccccc2-c2ccc(N(c3ccc4c(c3)C(C)(C)c3ccccc3-4)c3ccccc3C3(c4ccccc4)c4ccccc4-c4ccccc4-c4ccccc43)cc21. The van der Waals surface area contributed by atoms with Crippen LogP contribution in [0.15, 0.2) is 212 Å². The van der Waals surface area contributed by atoms with Crippen LogP contribution in [0.1, 0.15) is 72.2 Å². The Bertz CT molecular complexity index is 3080. The van der Waals surface area contributed by atoms with E-state index in [9.17, 15) is 0 Å². The van der Waals surface area contributed by atoms with Crippen molar-refractivity contribution in [3.8, 4) is 44.5 Å². The zero-order chi connectivity index (χ0) is 41.8. The predicted molar refractivity (Wildman–Crippen MR) is 259 cm³/mol. The van der Waals surface area contributed by atoms with E-state index < -0.39 is 5.41 Å². The summed E-state index contributed by atoms with van der Waals surface area (Å²) >= 11 is 0. The molecular weight excluding hydrogens is 747 g/mol. The van der Waals surface area contributed by atoms with Crippen LogP contribution in [0.4, 0.5) is 17.1 Å². The van der Waals surface area contributed by atoms with E-state index in [0.717, 1.165) is 17.1 Å². The van der Waals surface area contributed by atoms with E-state index in [-0.39, 0.29) is 10.8 Å². The molecule has 0 bridgehead atoms. The third-order valence-electron chi connectivity index (χ3n) is 14.6. The molecule has 3 aliphatic carbocycles. The molecule has 0 amide bonds. The van der Waals surface area contributed by atoms with Crippen LogP contribution in [-0.4, -0.2) is 0 Å². The lowest BCUT2D eigenvalue weighted by atomic mass is 9.63. The number of fused-ring (bicyclic) bond motifs is 11. The standard InChI is InChI=1S/C61H47N/c1-59(2)51-28-14-10-26-47(51)49-36-34-41(38-56(49)59)62(42-35-37-50-48-27-11-15-29-52(48)60(3,4)57(50)39-42)58-33-19-18-32-55(58)61(40-20-6-5-7-21-40)53-30-16-12-24-45(53)43-22-8-9-23-44(43)46-25-13-17-31-54(46)61/h5-39H,1-4H3. The van der Waals surface area contributed by atoms with Crippen LogP contribution in [0, 0.1) is 0 Å². The number of nitrogens with zero attached hydrogens (tertiary/aromatic N) is 1. The molecule has 0 heterocycles. The molecule has 62 heavy (non-hydrogen) atoms. The summed E-state index contributed by atoms with van der Waals surface area (Å²) in [4.78, 5) is 2.57. The molecule has 0 atom stereocenters. The first-order valence-corrected chi connectivity index (χ1v) is 22.0. The monoisotopic (exact) mass is 793 g/mol. The number of benzene rings is 9. The maximum Gasteiger partial charge on any atom is 0.0733 e. The molecule has 296 valence electrons. The van der Waals surface area contributed by atoms with Gasteiger partial charge >= 0.3 is 0 Å². The fraction of sp³-hybridized carbons (Fsp3) is 0.115. The van der Waals surface area contributed by atoms with E-state index in [0.29, 0.717) is 0 Å². The van der Waals surface area contributed by atoms with Crippen molar-refractivity contribution >= 4 is 17.1 Å². The average Bonchev–Trinajstić information content (AvgIpc) is 3.64. The molecule has 12 rings (SSSR count). The Morgan fingerprint density at radius 1 is 0.274 bits per heavy atom. The Morgan fingerprint density at radius 3 is 1.08 bits per heavy atom. The molecule has 9 aromatic carbocycles. The summed E-state index contributed by atoms with van der Waals surface area (Å²) in [6, 6.07) is 80.1. The van der Waals surface area contributed by atoms with Crippen LogP contribution in [0.5, 0.6) is 0 Å². The van der Waals surface area contributed by atoms with Crippen LogP contribution < -0.4 is 4.90 Å². The van der Waals surface area contributed by atoms with E-state index in [1.807, 2.05) is 0 Å². The molecule has 0 aliphatic heterocycles. The van der Waals surface area contributed by atoms with Gasteiger partial charge in [0.2, 0.25) is 0 Å². The number of para-hydroxylation sites is 1. The second-order valence-electron chi connectivity index (χ2n) is 18.4. The molecule has 0 saturated carbocycles. The van der Waals surface area contributed by atoms with E-state index in [2.05, 4.69) is 245 Å². The lowest BCUT2D eigenvalue weighted by Gasteiger charge is -2.41. The average molecular weight is 794 g/mol. The maximum absolute atomic E-state index is 2.57. The molecule has 0 saturated heterocycles. The first-order chi connectivity index (χ1) is 30.3. The summed E-state index contributed by atoms with van der Waals surface area (Å²) in [6.45, 7) is 9.54. The van der Waals surface area contributed by atoms with Gasteiger partial charge in [-0.05, 0) is 119 Å². The minimum absolute atomic E-state index is 0.162. The second kappa shape index (κ2) is 13.4. The van der Waals surface area contributed by atoms with Crippen molar-refractivity contribution in [2.45, 2.75) is 43.9 Å². The van der Waals surface area contributed by atoms with Gasteiger partial charge in [-0.1, -0.05) is 210 Å². The van der Waals surface area contributed by atoms with E-state index in [1.54, 1.807) is 0 Å². The van der Waals surface area contributed by atoms with Crippen molar-refractivity contribution in [2.24, 2.45) is 0 Å². The van der Waals surface area contributed by atoms with Crippen LogP contribution in [0.2, 0.25) is 0 Å². The molecule has 0 radical (unpaired) electrons. The number of anilines is 3. The van der Waals surface area contributed by atoms with Crippen LogP contribution in [0.3, 0.4) is 0 Å². The van der Waals surface area contributed by atoms with Crippen molar-refractivity contribution in [1.82, 2.24) is 0 Å². The molecule has 0 unspecified atom stereocenters. The Hall–Kier alpha value is -7.22. The van der Waals surface area contributed by atoms with E-state index in [1.165, 1.54) is 89.0 Å². The minimum atomic E-state index is -0.708. The fourth-order valence-electron chi connectivity index (χ4n) is 11.7. The largest absolute Gasteiger partial charge is 0.310 e. The van der Waals surface area contributed by atoms with Gasteiger partial charge < -0.3 is 4.90 Å². The molecule has 0 spiro atoms. The normalized spacial score (nSPS) is 15.2. The highest BCUT2D eigenvalue weighted by Crippen LogP contribution is 2.59.